The summed E-state index contributed by atoms with van der Waals surface area (Å²) in [6.45, 7) is 5.73. The number of benzene rings is 3. The van der Waals surface area contributed by atoms with Gasteiger partial charge in [-0.05, 0) is 72.0 Å². The number of aliphatic hydroxyl groups excluding tert-OH is 1. The molecule has 180 valence electrons. The summed E-state index contributed by atoms with van der Waals surface area (Å²) in [5, 5.41) is 21.6. The first-order valence-electron chi connectivity index (χ1n) is 11.2. The zero-order valence-electron chi connectivity index (χ0n) is 19.9. The molecule has 1 atom stereocenters. The Morgan fingerprint density at radius 2 is 1.77 bits per heavy atom. The minimum Gasteiger partial charge on any atom is -0.508 e. The van der Waals surface area contributed by atoms with E-state index in [0.29, 0.717) is 22.4 Å². The molecule has 0 radical (unpaired) electrons. The summed E-state index contributed by atoms with van der Waals surface area (Å²) < 4.78 is 19.6. The highest BCUT2D eigenvalue weighted by atomic mass is 19.1. The van der Waals surface area contributed by atoms with E-state index in [4.69, 9.17) is 4.74 Å². The maximum atomic E-state index is 14.1. The number of carbonyl (C=O) groups is 2. The third-order valence-electron chi connectivity index (χ3n) is 6.17. The highest BCUT2D eigenvalue weighted by Gasteiger charge is 2.47. The van der Waals surface area contributed by atoms with Gasteiger partial charge in [0, 0.05) is 11.3 Å². The first kappa shape index (κ1) is 24.0. The second-order valence-corrected chi connectivity index (χ2v) is 8.81. The highest BCUT2D eigenvalue weighted by molar-refractivity contribution is 6.51. The van der Waals surface area contributed by atoms with E-state index in [0.717, 1.165) is 16.5 Å². The molecule has 1 fully saturated rings. The van der Waals surface area contributed by atoms with Gasteiger partial charge >= 0.3 is 0 Å². The molecule has 1 unspecified atom stereocenters. The molecule has 7 heteroatoms. The number of phenolic OH excluding ortho intramolecular Hbond substituents is 1. The van der Waals surface area contributed by atoms with Gasteiger partial charge in [-0.25, -0.2) is 4.39 Å². The number of aryl methyl sites for hydroxylation is 1. The molecule has 0 spiro atoms. The van der Waals surface area contributed by atoms with Crippen molar-refractivity contribution in [3.05, 3.63) is 94.3 Å². The predicted molar refractivity (Wildman–Crippen MR) is 131 cm³/mol. The molecule has 3 aromatic carbocycles. The van der Waals surface area contributed by atoms with Gasteiger partial charge in [-0.2, -0.15) is 0 Å². The van der Waals surface area contributed by atoms with Crippen molar-refractivity contribution in [1.82, 2.24) is 0 Å². The van der Waals surface area contributed by atoms with Crippen molar-refractivity contribution in [1.29, 1.82) is 0 Å². The topological polar surface area (TPSA) is 87.1 Å². The zero-order valence-corrected chi connectivity index (χ0v) is 19.9. The van der Waals surface area contributed by atoms with Crippen LogP contribution in [0.15, 0.2) is 66.2 Å². The van der Waals surface area contributed by atoms with E-state index < -0.39 is 23.5 Å². The van der Waals surface area contributed by atoms with Crippen molar-refractivity contribution in [2.24, 2.45) is 0 Å². The Morgan fingerprint density at radius 1 is 1.06 bits per heavy atom. The number of aromatic hydroxyl groups is 1. The van der Waals surface area contributed by atoms with E-state index in [2.05, 4.69) is 0 Å². The van der Waals surface area contributed by atoms with Crippen LogP contribution in [-0.2, 0) is 9.59 Å². The van der Waals surface area contributed by atoms with Gasteiger partial charge in [0.2, 0.25) is 0 Å². The summed E-state index contributed by atoms with van der Waals surface area (Å²) in [4.78, 5) is 27.7. The Morgan fingerprint density at radius 3 is 2.40 bits per heavy atom. The Kier molecular flexibility index (Phi) is 6.35. The molecular weight excluding hydrogens is 449 g/mol. The van der Waals surface area contributed by atoms with Gasteiger partial charge in [0.25, 0.3) is 11.7 Å². The van der Waals surface area contributed by atoms with Crippen molar-refractivity contribution < 1.29 is 28.9 Å². The molecule has 0 aromatic heterocycles. The maximum Gasteiger partial charge on any atom is 0.300 e. The van der Waals surface area contributed by atoms with Gasteiger partial charge in [-0.15, -0.1) is 0 Å². The molecule has 0 bridgehead atoms. The fourth-order valence-corrected chi connectivity index (χ4v) is 4.46. The molecule has 1 amide bonds. The summed E-state index contributed by atoms with van der Waals surface area (Å²) in [5.74, 6) is -2.09. The summed E-state index contributed by atoms with van der Waals surface area (Å²) in [6, 6.07) is 13.9. The van der Waals surface area contributed by atoms with Crippen LogP contribution in [0.25, 0.3) is 5.76 Å². The number of methoxy groups -OCH3 is 1. The lowest BCUT2D eigenvalue weighted by Crippen LogP contribution is -2.29. The fraction of sp³-hybridized carbons (Fsp3) is 0.214. The second-order valence-electron chi connectivity index (χ2n) is 8.81. The van der Waals surface area contributed by atoms with E-state index in [1.54, 1.807) is 38.3 Å². The number of hydrogen-bond acceptors (Lipinski definition) is 5. The number of halogens is 1. The molecular formula is C28H26FNO5. The van der Waals surface area contributed by atoms with Crippen molar-refractivity contribution >= 4 is 23.1 Å². The minimum atomic E-state index is -1.08. The lowest BCUT2D eigenvalue weighted by atomic mass is 9.91. The number of amides is 1. The SMILES string of the molecule is COc1cc(C)c(/C(O)=C2\C(=O)C(=O)N(c3cccc(F)c3)C2c2cccc(O)c2)cc1C(C)C. The maximum absolute atomic E-state index is 14.1. The van der Waals surface area contributed by atoms with E-state index in [9.17, 15) is 24.2 Å². The number of phenols is 1. The van der Waals surface area contributed by atoms with E-state index in [1.807, 2.05) is 13.8 Å². The molecule has 1 heterocycles. The first-order chi connectivity index (χ1) is 16.6. The largest absolute Gasteiger partial charge is 0.508 e. The predicted octanol–water partition coefficient (Wildman–Crippen LogP) is 5.60. The Hall–Kier alpha value is -4.13. The highest BCUT2D eigenvalue weighted by Crippen LogP contribution is 2.44. The van der Waals surface area contributed by atoms with Crippen LogP contribution < -0.4 is 9.64 Å². The fourth-order valence-electron chi connectivity index (χ4n) is 4.46. The van der Waals surface area contributed by atoms with Gasteiger partial charge < -0.3 is 14.9 Å². The van der Waals surface area contributed by atoms with Gasteiger partial charge in [0.1, 0.15) is 23.1 Å². The number of nitrogens with zero attached hydrogens (tertiary/aromatic N) is 1. The summed E-state index contributed by atoms with van der Waals surface area (Å²) in [6.07, 6.45) is 0. The average molecular weight is 476 g/mol. The normalized spacial score (nSPS) is 17.3. The molecule has 1 aliphatic heterocycles. The summed E-state index contributed by atoms with van der Waals surface area (Å²) in [5.41, 5.74) is 2.27. The summed E-state index contributed by atoms with van der Waals surface area (Å²) >= 11 is 0. The van der Waals surface area contributed by atoms with Crippen LogP contribution in [0.4, 0.5) is 10.1 Å². The number of ketones is 1. The van der Waals surface area contributed by atoms with Gasteiger partial charge in [-0.3, -0.25) is 14.5 Å². The number of anilines is 1. The van der Waals surface area contributed by atoms with Crippen molar-refractivity contribution in [2.45, 2.75) is 32.7 Å². The smallest absolute Gasteiger partial charge is 0.300 e. The number of ether oxygens (including phenoxy) is 1. The van der Waals surface area contributed by atoms with Gasteiger partial charge in [0.05, 0.1) is 18.7 Å². The van der Waals surface area contributed by atoms with Gasteiger partial charge in [0.15, 0.2) is 0 Å². The number of aliphatic hydroxyl groups is 1. The third kappa shape index (κ3) is 4.25. The molecule has 1 aliphatic rings. The van der Waals surface area contributed by atoms with Crippen LogP contribution in [0, 0.1) is 12.7 Å². The molecule has 0 aliphatic carbocycles. The Bertz CT molecular complexity index is 1360. The lowest BCUT2D eigenvalue weighted by Gasteiger charge is -2.26. The van der Waals surface area contributed by atoms with Crippen LogP contribution in [0.1, 0.15) is 48.1 Å². The van der Waals surface area contributed by atoms with Crippen molar-refractivity contribution in [3.63, 3.8) is 0 Å². The molecule has 6 nitrogen and oxygen atoms in total. The third-order valence-corrected chi connectivity index (χ3v) is 6.17. The van der Waals surface area contributed by atoms with Crippen LogP contribution >= 0.6 is 0 Å². The summed E-state index contributed by atoms with van der Waals surface area (Å²) in [7, 11) is 1.56. The molecule has 2 N–H and O–H groups in total. The minimum absolute atomic E-state index is 0.0636. The molecule has 3 aromatic rings. The van der Waals surface area contributed by atoms with E-state index >= 15 is 0 Å². The monoisotopic (exact) mass is 475 g/mol. The number of rotatable bonds is 5. The van der Waals surface area contributed by atoms with Crippen LogP contribution in [0.3, 0.4) is 0 Å². The Balaban J connectivity index is 2.00. The zero-order chi connectivity index (χ0) is 25.4. The number of carbonyl (C=O) groups excluding carboxylic acids is 2. The van der Waals surface area contributed by atoms with E-state index in [1.165, 1.54) is 30.3 Å². The quantitative estimate of drug-likeness (QED) is 0.285. The second kappa shape index (κ2) is 9.25. The molecule has 0 saturated carbocycles. The first-order valence-corrected chi connectivity index (χ1v) is 11.2. The van der Waals surface area contributed by atoms with Gasteiger partial charge in [-0.1, -0.05) is 32.0 Å². The standard InChI is InChI=1S/C28H26FNO5/c1-15(2)21-14-22(16(3)11-23(21)35-4)26(32)24-25(17-7-5-10-20(31)12-17)30(28(34)27(24)33)19-9-6-8-18(29)13-19/h5-15,25,31-32H,1-4H3/b26-24+. The molecule has 4 rings (SSSR count). The molecule has 35 heavy (non-hydrogen) atoms. The van der Waals surface area contributed by atoms with Crippen LogP contribution in [0.2, 0.25) is 0 Å². The number of Topliss-reactive ketones (excluding diaryl/α,β-unsaturated/α-hetero) is 1. The van der Waals surface area contributed by atoms with Crippen LogP contribution in [0.5, 0.6) is 11.5 Å². The number of hydrogen-bond donors (Lipinski definition) is 2. The average Bonchev–Trinajstić information content (AvgIpc) is 3.08. The van der Waals surface area contributed by atoms with Crippen molar-refractivity contribution in [2.75, 3.05) is 12.0 Å². The Labute approximate surface area is 202 Å². The van der Waals surface area contributed by atoms with Crippen molar-refractivity contribution in [3.8, 4) is 11.5 Å². The van der Waals surface area contributed by atoms with Crippen LogP contribution in [-0.4, -0.2) is 29.0 Å². The van der Waals surface area contributed by atoms with E-state index in [-0.39, 0.29) is 28.7 Å². The molecule has 1 saturated heterocycles. The lowest BCUT2D eigenvalue weighted by molar-refractivity contribution is -0.132.